The normalized spacial score (nSPS) is 21.1. The number of ether oxygens (including phenoxy) is 1. The topological polar surface area (TPSA) is 59.4 Å². The molecule has 1 aromatic heterocycles. The Morgan fingerprint density at radius 2 is 1.82 bits per heavy atom. The van der Waals surface area contributed by atoms with Crippen molar-refractivity contribution in [3.8, 4) is 16.9 Å². The van der Waals surface area contributed by atoms with E-state index in [0.717, 1.165) is 39.6 Å². The highest BCUT2D eigenvalue weighted by atomic mass is 19.1. The Hall–Kier alpha value is -3.73. The molecule has 0 radical (unpaired) electrons. The van der Waals surface area contributed by atoms with Crippen LogP contribution in [0.2, 0.25) is 0 Å². The van der Waals surface area contributed by atoms with Crippen LogP contribution in [0.15, 0.2) is 72.9 Å². The molecule has 3 atom stereocenters. The maximum absolute atomic E-state index is 15.0. The lowest BCUT2D eigenvalue weighted by Gasteiger charge is -2.17. The minimum atomic E-state index is -0.740. The van der Waals surface area contributed by atoms with Crippen molar-refractivity contribution in [2.24, 2.45) is 5.92 Å². The summed E-state index contributed by atoms with van der Waals surface area (Å²) in [4.78, 5) is 15.6. The summed E-state index contributed by atoms with van der Waals surface area (Å²) < 4.78 is 21.2. The summed E-state index contributed by atoms with van der Waals surface area (Å²) in [5, 5.41) is 10.2. The highest BCUT2D eigenvalue weighted by molar-refractivity contribution is 5.95. The molecule has 4 aromatic rings. The van der Waals surface area contributed by atoms with E-state index in [1.165, 1.54) is 6.07 Å². The number of carbonyl (C=O) groups is 1. The molecular weight excluding hydrogens is 417 g/mol. The largest absolute Gasteiger partial charge is 0.486 e. The molecule has 0 aliphatic heterocycles. The number of rotatable bonds is 5. The van der Waals surface area contributed by atoms with Crippen molar-refractivity contribution in [1.82, 2.24) is 4.98 Å². The number of aliphatic carboxylic acids is 1. The molecule has 0 unspecified atom stereocenters. The zero-order chi connectivity index (χ0) is 22.5. The molecule has 1 N–H and O–H groups in total. The smallest absolute Gasteiger partial charge is 0.307 e. The van der Waals surface area contributed by atoms with Crippen LogP contribution in [0.3, 0.4) is 0 Å². The van der Waals surface area contributed by atoms with Gasteiger partial charge in [0.1, 0.15) is 17.7 Å². The highest BCUT2D eigenvalue weighted by Gasteiger charge is 2.44. The van der Waals surface area contributed by atoms with Crippen LogP contribution in [-0.4, -0.2) is 16.1 Å². The fourth-order valence-electron chi connectivity index (χ4n) is 5.17. The van der Waals surface area contributed by atoms with Crippen LogP contribution in [0.4, 0.5) is 4.39 Å². The Kier molecular flexibility index (Phi) is 4.64. The van der Waals surface area contributed by atoms with E-state index in [-0.39, 0.29) is 23.8 Å². The number of halogens is 1. The fourth-order valence-corrected chi connectivity index (χ4v) is 5.17. The van der Waals surface area contributed by atoms with Crippen molar-refractivity contribution < 1.29 is 19.0 Å². The average Bonchev–Trinajstić information content (AvgIpc) is 3.54. The molecule has 2 aliphatic rings. The second-order valence-electron chi connectivity index (χ2n) is 8.86. The third kappa shape index (κ3) is 3.44. The van der Waals surface area contributed by atoms with Crippen molar-refractivity contribution in [3.05, 3.63) is 95.4 Å². The second-order valence-corrected chi connectivity index (χ2v) is 8.86. The van der Waals surface area contributed by atoms with Crippen LogP contribution < -0.4 is 4.74 Å². The van der Waals surface area contributed by atoms with E-state index in [2.05, 4.69) is 4.98 Å². The molecule has 3 aromatic carbocycles. The molecular formula is C28H22FNO3. The van der Waals surface area contributed by atoms with Gasteiger partial charge in [0, 0.05) is 17.1 Å². The first-order valence-electron chi connectivity index (χ1n) is 11.2. The second kappa shape index (κ2) is 7.69. The van der Waals surface area contributed by atoms with Crippen molar-refractivity contribution in [1.29, 1.82) is 0 Å². The lowest BCUT2D eigenvalue weighted by Crippen LogP contribution is -2.06. The minimum absolute atomic E-state index is 0.0824. The molecule has 33 heavy (non-hydrogen) atoms. The molecule has 1 heterocycles. The zero-order valence-electron chi connectivity index (χ0n) is 17.9. The standard InChI is InChI=1S/C28H22FNO3/c29-24-11-9-18(19-13-14-30-25-4-2-1-3-20(19)25)21-10-12-26(27(21)24)33-17-7-5-16(6-8-17)22-15-23(22)28(31)32/h1-9,11,13-14,22-23,26H,10,12,15H2,(H,31,32)/t22-,23+,26-/m1/s1. The summed E-state index contributed by atoms with van der Waals surface area (Å²) in [5.74, 6) is -0.512. The van der Waals surface area contributed by atoms with Crippen LogP contribution in [0.25, 0.3) is 22.0 Å². The Bertz CT molecular complexity index is 1380. The number of hydrogen-bond acceptors (Lipinski definition) is 3. The maximum Gasteiger partial charge on any atom is 0.307 e. The quantitative estimate of drug-likeness (QED) is 0.397. The number of carboxylic acid groups (broad SMARTS) is 1. The summed E-state index contributed by atoms with van der Waals surface area (Å²) in [6.07, 6.45) is 3.57. The van der Waals surface area contributed by atoms with E-state index in [9.17, 15) is 4.79 Å². The Morgan fingerprint density at radius 1 is 1.00 bits per heavy atom. The zero-order valence-corrected chi connectivity index (χ0v) is 17.9. The van der Waals surface area contributed by atoms with Gasteiger partial charge in [-0.15, -0.1) is 0 Å². The average molecular weight is 439 g/mol. The third-order valence-corrected chi connectivity index (χ3v) is 6.92. The van der Waals surface area contributed by atoms with E-state index < -0.39 is 5.97 Å². The van der Waals surface area contributed by atoms with Crippen LogP contribution in [-0.2, 0) is 11.2 Å². The van der Waals surface area contributed by atoms with Gasteiger partial charge in [-0.25, -0.2) is 4.39 Å². The predicted molar refractivity (Wildman–Crippen MR) is 124 cm³/mol. The molecule has 1 saturated carbocycles. The van der Waals surface area contributed by atoms with Gasteiger partial charge in [0.25, 0.3) is 0 Å². The van der Waals surface area contributed by atoms with Crippen molar-refractivity contribution in [2.45, 2.75) is 31.3 Å². The molecule has 2 aliphatic carbocycles. The SMILES string of the molecule is O=C(O)[C@H]1C[C@@H]1c1ccc(O[C@@H]2CCc3c(-c4ccnc5ccccc45)ccc(F)c32)cc1. The molecule has 0 spiro atoms. The molecule has 0 bridgehead atoms. The Labute approximate surface area is 190 Å². The van der Waals surface area contributed by atoms with E-state index >= 15 is 4.39 Å². The molecule has 0 saturated heterocycles. The van der Waals surface area contributed by atoms with Gasteiger partial charge >= 0.3 is 5.97 Å². The predicted octanol–water partition coefficient (Wildman–Crippen LogP) is 6.30. The first kappa shape index (κ1) is 19.9. The molecule has 164 valence electrons. The number of benzene rings is 3. The maximum atomic E-state index is 15.0. The monoisotopic (exact) mass is 439 g/mol. The van der Waals surface area contributed by atoms with Gasteiger partial charge in [0.2, 0.25) is 0 Å². The van der Waals surface area contributed by atoms with Crippen LogP contribution in [0.5, 0.6) is 5.75 Å². The Balaban J connectivity index is 1.30. The molecule has 6 rings (SSSR count). The van der Waals surface area contributed by atoms with Crippen molar-refractivity contribution in [2.75, 3.05) is 0 Å². The fraction of sp³-hybridized carbons (Fsp3) is 0.214. The number of fused-ring (bicyclic) bond motifs is 2. The van der Waals surface area contributed by atoms with E-state index in [0.29, 0.717) is 24.2 Å². The number of carboxylic acids is 1. The number of hydrogen-bond donors (Lipinski definition) is 1. The van der Waals surface area contributed by atoms with E-state index in [4.69, 9.17) is 9.84 Å². The summed E-state index contributed by atoms with van der Waals surface area (Å²) >= 11 is 0. The first-order chi connectivity index (χ1) is 16.1. The van der Waals surface area contributed by atoms with Gasteiger partial charge in [-0.2, -0.15) is 0 Å². The van der Waals surface area contributed by atoms with Crippen LogP contribution in [0.1, 0.15) is 41.6 Å². The summed E-state index contributed by atoms with van der Waals surface area (Å²) in [7, 11) is 0. The summed E-state index contributed by atoms with van der Waals surface area (Å²) in [6.45, 7) is 0. The van der Waals surface area contributed by atoms with Gasteiger partial charge in [-0.05, 0) is 77.8 Å². The van der Waals surface area contributed by atoms with Crippen LogP contribution in [0, 0.1) is 11.7 Å². The molecule has 1 fully saturated rings. The van der Waals surface area contributed by atoms with Gasteiger partial charge in [0.15, 0.2) is 0 Å². The number of pyridine rings is 1. The molecule has 4 nitrogen and oxygen atoms in total. The number of aromatic nitrogens is 1. The van der Waals surface area contributed by atoms with Gasteiger partial charge in [0.05, 0.1) is 11.4 Å². The summed E-state index contributed by atoms with van der Waals surface area (Å²) in [6, 6.07) is 21.0. The molecule has 5 heteroatoms. The van der Waals surface area contributed by atoms with Crippen molar-refractivity contribution >= 4 is 16.9 Å². The van der Waals surface area contributed by atoms with Crippen molar-refractivity contribution in [3.63, 3.8) is 0 Å². The lowest BCUT2D eigenvalue weighted by molar-refractivity contribution is -0.138. The minimum Gasteiger partial charge on any atom is -0.486 e. The molecule has 0 amide bonds. The summed E-state index contributed by atoms with van der Waals surface area (Å²) in [5.41, 5.74) is 5.64. The number of para-hydroxylation sites is 1. The lowest BCUT2D eigenvalue weighted by atomic mass is 9.94. The van der Waals surface area contributed by atoms with E-state index in [1.807, 2.05) is 60.7 Å². The first-order valence-corrected chi connectivity index (χ1v) is 11.2. The van der Waals surface area contributed by atoms with E-state index in [1.54, 1.807) is 6.20 Å². The highest BCUT2D eigenvalue weighted by Crippen LogP contribution is 2.48. The van der Waals surface area contributed by atoms with Gasteiger partial charge in [-0.3, -0.25) is 9.78 Å². The van der Waals surface area contributed by atoms with Gasteiger partial charge < -0.3 is 9.84 Å². The third-order valence-electron chi connectivity index (χ3n) is 6.92. The van der Waals surface area contributed by atoms with Gasteiger partial charge in [-0.1, -0.05) is 36.4 Å². The van der Waals surface area contributed by atoms with Crippen LogP contribution >= 0.6 is 0 Å². The Morgan fingerprint density at radius 3 is 2.61 bits per heavy atom. The number of nitrogens with zero attached hydrogens (tertiary/aromatic N) is 1.